The van der Waals surface area contributed by atoms with E-state index in [0.29, 0.717) is 11.7 Å². The average Bonchev–Trinajstić information content (AvgIpc) is 3.04. The molecule has 3 aromatic rings. The van der Waals surface area contributed by atoms with Crippen LogP contribution in [0.25, 0.3) is 10.2 Å². The summed E-state index contributed by atoms with van der Waals surface area (Å²) < 4.78 is 0. The van der Waals surface area contributed by atoms with Crippen molar-refractivity contribution in [3.63, 3.8) is 0 Å². The van der Waals surface area contributed by atoms with Crippen LogP contribution in [0.15, 0.2) is 29.6 Å². The minimum atomic E-state index is 0.311. The average molecular weight is 383 g/mol. The Bertz CT molecular complexity index is 927. The third-order valence-corrected chi connectivity index (χ3v) is 5.95. The van der Waals surface area contributed by atoms with Gasteiger partial charge in [-0.05, 0) is 54.5 Å². The molecule has 0 aliphatic carbocycles. The highest BCUT2D eigenvalue weighted by molar-refractivity contribution is 7.17. The molecule has 0 radical (unpaired) electrons. The third-order valence-electron chi connectivity index (χ3n) is 5.02. The standard InChI is InChI=1S/C21H26N4OS/c1-14(2)12-16-13-27-21-19(16)20(22-15(3)23-21)25-10-8-24(9-11-25)17-4-6-18(26)7-5-17/h4-7,13-14,26H,8-12H2,1-3H3. The molecule has 1 saturated heterocycles. The van der Waals surface area contributed by atoms with Crippen molar-refractivity contribution in [2.24, 2.45) is 5.92 Å². The van der Waals surface area contributed by atoms with Crippen LogP contribution in [0, 0.1) is 12.8 Å². The molecule has 27 heavy (non-hydrogen) atoms. The van der Waals surface area contributed by atoms with Crippen LogP contribution in [-0.2, 0) is 6.42 Å². The molecule has 0 unspecified atom stereocenters. The molecule has 1 aliphatic rings. The van der Waals surface area contributed by atoms with Gasteiger partial charge in [0.1, 0.15) is 22.2 Å². The number of phenolic OH excluding ortho intramolecular Hbond substituents is 1. The van der Waals surface area contributed by atoms with Crippen LogP contribution in [0.5, 0.6) is 5.75 Å². The summed E-state index contributed by atoms with van der Waals surface area (Å²) in [4.78, 5) is 15.4. The number of benzene rings is 1. The monoisotopic (exact) mass is 382 g/mol. The summed E-state index contributed by atoms with van der Waals surface area (Å²) in [5.74, 6) is 2.87. The van der Waals surface area contributed by atoms with Crippen LogP contribution in [0.1, 0.15) is 25.2 Å². The lowest BCUT2D eigenvalue weighted by atomic mass is 10.0. The number of phenols is 1. The molecule has 1 fully saturated rings. The number of aryl methyl sites for hydroxylation is 1. The highest BCUT2D eigenvalue weighted by Gasteiger charge is 2.23. The number of piperazine rings is 1. The maximum absolute atomic E-state index is 9.50. The van der Waals surface area contributed by atoms with Gasteiger partial charge in [0.2, 0.25) is 0 Å². The molecule has 0 saturated carbocycles. The van der Waals surface area contributed by atoms with E-state index in [4.69, 9.17) is 4.98 Å². The number of nitrogens with zero attached hydrogens (tertiary/aromatic N) is 4. The second-order valence-corrected chi connectivity index (χ2v) is 8.48. The molecule has 2 aromatic heterocycles. The first-order chi connectivity index (χ1) is 13.0. The van der Waals surface area contributed by atoms with Gasteiger partial charge in [-0.3, -0.25) is 0 Å². The molecule has 142 valence electrons. The smallest absolute Gasteiger partial charge is 0.141 e. The fraction of sp³-hybridized carbons (Fsp3) is 0.429. The van der Waals surface area contributed by atoms with Crippen LogP contribution in [-0.4, -0.2) is 41.3 Å². The van der Waals surface area contributed by atoms with Crippen LogP contribution < -0.4 is 9.80 Å². The van der Waals surface area contributed by atoms with E-state index in [1.807, 2.05) is 19.1 Å². The van der Waals surface area contributed by atoms with Crippen molar-refractivity contribution in [2.45, 2.75) is 27.2 Å². The van der Waals surface area contributed by atoms with Gasteiger partial charge in [0.15, 0.2) is 0 Å². The molecule has 0 spiro atoms. The molecule has 3 heterocycles. The quantitative estimate of drug-likeness (QED) is 0.732. The van der Waals surface area contributed by atoms with Crippen LogP contribution in [0.3, 0.4) is 0 Å². The number of aromatic hydroxyl groups is 1. The Morgan fingerprint density at radius 1 is 1.04 bits per heavy atom. The lowest BCUT2D eigenvalue weighted by Gasteiger charge is -2.37. The first-order valence-corrected chi connectivity index (χ1v) is 10.4. The normalized spacial score (nSPS) is 15.1. The van der Waals surface area contributed by atoms with Crippen LogP contribution >= 0.6 is 11.3 Å². The van der Waals surface area contributed by atoms with Crippen molar-refractivity contribution < 1.29 is 5.11 Å². The van der Waals surface area contributed by atoms with Gasteiger partial charge in [-0.2, -0.15) is 0 Å². The second-order valence-electron chi connectivity index (χ2n) is 7.62. The van der Waals surface area contributed by atoms with Crippen molar-refractivity contribution >= 4 is 33.1 Å². The summed E-state index contributed by atoms with van der Waals surface area (Å²) in [5.41, 5.74) is 2.54. The van der Waals surface area contributed by atoms with Gasteiger partial charge in [0.25, 0.3) is 0 Å². The van der Waals surface area contributed by atoms with E-state index >= 15 is 0 Å². The number of hydrogen-bond acceptors (Lipinski definition) is 6. The Labute approximate surface area is 164 Å². The second kappa shape index (κ2) is 7.35. The Hall–Kier alpha value is -2.34. The summed E-state index contributed by atoms with van der Waals surface area (Å²) in [6.45, 7) is 10.3. The first kappa shape index (κ1) is 18.0. The highest BCUT2D eigenvalue weighted by Crippen LogP contribution is 2.34. The molecule has 4 rings (SSSR count). The van der Waals surface area contributed by atoms with Crippen molar-refractivity contribution in [2.75, 3.05) is 36.0 Å². The molecule has 5 nitrogen and oxygen atoms in total. The van der Waals surface area contributed by atoms with E-state index in [9.17, 15) is 5.11 Å². The van der Waals surface area contributed by atoms with Crippen molar-refractivity contribution in [3.8, 4) is 5.75 Å². The number of thiophene rings is 1. The van der Waals surface area contributed by atoms with Crippen LogP contribution in [0.2, 0.25) is 0 Å². The minimum Gasteiger partial charge on any atom is -0.508 e. The molecule has 1 aromatic carbocycles. The van der Waals surface area contributed by atoms with E-state index in [2.05, 4.69) is 34.0 Å². The molecule has 1 N–H and O–H groups in total. The van der Waals surface area contributed by atoms with E-state index in [1.54, 1.807) is 23.5 Å². The third kappa shape index (κ3) is 3.72. The van der Waals surface area contributed by atoms with Gasteiger partial charge in [-0.1, -0.05) is 13.8 Å². The fourth-order valence-electron chi connectivity index (χ4n) is 3.74. The molecule has 1 aliphatic heterocycles. The van der Waals surface area contributed by atoms with Gasteiger partial charge < -0.3 is 14.9 Å². The minimum absolute atomic E-state index is 0.311. The maximum atomic E-state index is 9.50. The highest BCUT2D eigenvalue weighted by atomic mass is 32.1. The Kier molecular flexibility index (Phi) is 4.91. The van der Waals surface area contributed by atoms with Crippen LogP contribution in [0.4, 0.5) is 11.5 Å². The van der Waals surface area contributed by atoms with Gasteiger partial charge in [-0.25, -0.2) is 9.97 Å². The van der Waals surface area contributed by atoms with E-state index in [-0.39, 0.29) is 0 Å². The summed E-state index contributed by atoms with van der Waals surface area (Å²) in [6, 6.07) is 7.47. The van der Waals surface area contributed by atoms with Crippen molar-refractivity contribution in [1.29, 1.82) is 0 Å². The molecular formula is C21H26N4OS. The van der Waals surface area contributed by atoms with Gasteiger partial charge in [0.05, 0.1) is 5.39 Å². The number of anilines is 2. The Morgan fingerprint density at radius 2 is 1.70 bits per heavy atom. The van der Waals surface area contributed by atoms with E-state index in [0.717, 1.165) is 54.8 Å². The number of rotatable bonds is 4. The Balaban J connectivity index is 1.59. The zero-order valence-corrected chi connectivity index (χ0v) is 17.0. The lowest BCUT2D eigenvalue weighted by Crippen LogP contribution is -2.47. The number of hydrogen-bond donors (Lipinski definition) is 1. The number of aromatic nitrogens is 2. The molecule has 0 atom stereocenters. The lowest BCUT2D eigenvalue weighted by molar-refractivity contribution is 0.475. The zero-order valence-electron chi connectivity index (χ0n) is 16.1. The molecular weight excluding hydrogens is 356 g/mol. The maximum Gasteiger partial charge on any atom is 0.141 e. The van der Waals surface area contributed by atoms with Gasteiger partial charge >= 0.3 is 0 Å². The summed E-state index contributed by atoms with van der Waals surface area (Å²) in [5, 5.41) is 13.0. The predicted molar refractivity (Wildman–Crippen MR) is 113 cm³/mol. The van der Waals surface area contributed by atoms with Gasteiger partial charge in [-0.15, -0.1) is 11.3 Å². The van der Waals surface area contributed by atoms with Gasteiger partial charge in [0, 0.05) is 31.9 Å². The summed E-state index contributed by atoms with van der Waals surface area (Å²) >= 11 is 1.74. The first-order valence-electron chi connectivity index (χ1n) is 9.55. The van der Waals surface area contributed by atoms with Crippen molar-refractivity contribution in [1.82, 2.24) is 9.97 Å². The summed E-state index contributed by atoms with van der Waals surface area (Å²) in [6.07, 6.45) is 1.06. The zero-order chi connectivity index (χ0) is 19.0. The predicted octanol–water partition coefficient (Wildman–Crippen LogP) is 4.23. The SMILES string of the molecule is Cc1nc(N2CCN(c3ccc(O)cc3)CC2)c2c(CC(C)C)csc2n1. The molecule has 0 amide bonds. The fourth-order valence-corrected chi connectivity index (χ4v) is 4.74. The van der Waals surface area contributed by atoms with E-state index < -0.39 is 0 Å². The van der Waals surface area contributed by atoms with Crippen molar-refractivity contribution in [3.05, 3.63) is 41.0 Å². The number of fused-ring (bicyclic) bond motifs is 1. The van der Waals surface area contributed by atoms with E-state index in [1.165, 1.54) is 10.9 Å². The Morgan fingerprint density at radius 3 is 2.37 bits per heavy atom. The largest absolute Gasteiger partial charge is 0.508 e. The molecule has 0 bridgehead atoms. The topological polar surface area (TPSA) is 52.5 Å². The molecule has 6 heteroatoms. The summed E-state index contributed by atoms with van der Waals surface area (Å²) in [7, 11) is 0.